The van der Waals surface area contributed by atoms with Crippen LogP contribution in [0.3, 0.4) is 0 Å². The zero-order valence-electron chi connectivity index (χ0n) is 18.5. The number of carbonyl (C=O) groups excluding carboxylic acids is 1. The fourth-order valence-electron chi connectivity index (χ4n) is 2.93. The smallest absolute Gasteiger partial charge is 0.371 e. The van der Waals surface area contributed by atoms with Gasteiger partial charge in [0.1, 0.15) is 29.8 Å². The van der Waals surface area contributed by atoms with E-state index < -0.39 is 11.9 Å². The number of anilines is 1. The third-order valence-corrected chi connectivity index (χ3v) is 4.53. The predicted octanol–water partition coefficient (Wildman–Crippen LogP) is 4.51. The lowest BCUT2D eigenvalue weighted by molar-refractivity contribution is -0.112. The number of hydrogen-bond donors (Lipinski definition) is 2. The monoisotopic (exact) mass is 462 g/mol. The Morgan fingerprint density at radius 2 is 1.85 bits per heavy atom. The standard InChI is InChI=1S/C25H22N2O7/c1-3-32-19-7-5-18(6-8-19)27-24(28)17(14-26)12-16-4-10-21(23(13-16)31-2)33-15-20-9-11-22(34-20)25(29)30/h4-13H,3,15H2,1-2H3,(H,27,28)(H,29,30). The van der Waals surface area contributed by atoms with Crippen LogP contribution in [0.4, 0.5) is 5.69 Å². The summed E-state index contributed by atoms with van der Waals surface area (Å²) in [5.41, 5.74) is 0.982. The third-order valence-electron chi connectivity index (χ3n) is 4.53. The Kier molecular flexibility index (Phi) is 7.92. The number of nitrogens with one attached hydrogen (secondary N) is 1. The number of carboxylic acid groups (broad SMARTS) is 1. The SMILES string of the molecule is CCOc1ccc(NC(=O)C(C#N)=Cc2ccc(OCc3ccc(C(=O)O)o3)c(OC)c2)cc1. The Bertz CT molecular complexity index is 1240. The number of nitrogens with zero attached hydrogens (tertiary/aromatic N) is 1. The van der Waals surface area contributed by atoms with Crippen LogP contribution in [0.5, 0.6) is 17.2 Å². The van der Waals surface area contributed by atoms with Gasteiger partial charge in [-0.15, -0.1) is 0 Å². The van der Waals surface area contributed by atoms with Crippen molar-refractivity contribution in [3.05, 3.63) is 77.3 Å². The van der Waals surface area contributed by atoms with Crippen molar-refractivity contribution >= 4 is 23.6 Å². The molecule has 0 unspecified atom stereocenters. The molecule has 0 aliphatic heterocycles. The molecule has 2 aromatic carbocycles. The van der Waals surface area contributed by atoms with Crippen molar-refractivity contribution in [1.29, 1.82) is 5.26 Å². The quantitative estimate of drug-likeness (QED) is 0.332. The first kappa shape index (κ1) is 23.9. The number of amides is 1. The minimum Gasteiger partial charge on any atom is -0.494 e. The number of methoxy groups -OCH3 is 1. The minimum absolute atomic E-state index is 0.00718. The second kappa shape index (κ2) is 11.2. The maximum Gasteiger partial charge on any atom is 0.371 e. The Morgan fingerprint density at radius 1 is 1.09 bits per heavy atom. The molecule has 3 rings (SSSR count). The highest BCUT2D eigenvalue weighted by Crippen LogP contribution is 2.30. The third kappa shape index (κ3) is 6.17. The van der Waals surface area contributed by atoms with Crippen LogP contribution in [-0.4, -0.2) is 30.7 Å². The molecule has 1 heterocycles. The van der Waals surface area contributed by atoms with Crippen molar-refractivity contribution in [2.45, 2.75) is 13.5 Å². The zero-order valence-corrected chi connectivity index (χ0v) is 18.5. The molecule has 0 spiro atoms. The van der Waals surface area contributed by atoms with Gasteiger partial charge in [-0.25, -0.2) is 4.79 Å². The highest BCUT2D eigenvalue weighted by molar-refractivity contribution is 6.09. The summed E-state index contributed by atoms with van der Waals surface area (Å²) in [6.07, 6.45) is 1.43. The van der Waals surface area contributed by atoms with Crippen molar-refractivity contribution in [2.75, 3.05) is 19.0 Å². The number of carboxylic acids is 1. The Labute approximate surface area is 195 Å². The van der Waals surface area contributed by atoms with Crippen LogP contribution in [0.1, 0.15) is 28.8 Å². The number of nitriles is 1. The first-order chi connectivity index (χ1) is 16.4. The molecule has 0 bridgehead atoms. The van der Waals surface area contributed by atoms with Gasteiger partial charge >= 0.3 is 5.97 Å². The van der Waals surface area contributed by atoms with Crippen molar-refractivity contribution < 1.29 is 33.3 Å². The topological polar surface area (TPSA) is 131 Å². The molecule has 9 heteroatoms. The molecule has 174 valence electrons. The van der Waals surface area contributed by atoms with Crippen LogP contribution in [0, 0.1) is 11.3 Å². The number of carbonyl (C=O) groups is 2. The molecule has 1 amide bonds. The summed E-state index contributed by atoms with van der Waals surface area (Å²) in [7, 11) is 1.45. The molecule has 0 aliphatic rings. The van der Waals surface area contributed by atoms with Crippen LogP contribution in [0.25, 0.3) is 6.08 Å². The summed E-state index contributed by atoms with van der Waals surface area (Å²) >= 11 is 0. The molecule has 2 N–H and O–H groups in total. The first-order valence-electron chi connectivity index (χ1n) is 10.2. The fraction of sp³-hybridized carbons (Fsp3) is 0.160. The average Bonchev–Trinajstić information content (AvgIpc) is 3.32. The molecule has 0 radical (unpaired) electrons. The molecule has 0 fully saturated rings. The Hall–Kier alpha value is -4.71. The number of ether oxygens (including phenoxy) is 3. The Morgan fingerprint density at radius 3 is 2.47 bits per heavy atom. The number of rotatable bonds is 10. The zero-order chi connectivity index (χ0) is 24.5. The van der Waals surface area contributed by atoms with Gasteiger partial charge in [-0.3, -0.25) is 4.79 Å². The van der Waals surface area contributed by atoms with Gasteiger partial charge < -0.3 is 29.1 Å². The van der Waals surface area contributed by atoms with E-state index in [1.807, 2.05) is 13.0 Å². The highest BCUT2D eigenvalue weighted by Gasteiger charge is 2.13. The number of aromatic carboxylic acids is 1. The maximum atomic E-state index is 12.5. The molecule has 9 nitrogen and oxygen atoms in total. The van der Waals surface area contributed by atoms with Gasteiger partial charge in [0.2, 0.25) is 5.76 Å². The number of furan rings is 1. The second-order valence-corrected chi connectivity index (χ2v) is 6.85. The summed E-state index contributed by atoms with van der Waals surface area (Å²) in [5, 5.41) is 21.1. The van der Waals surface area contributed by atoms with E-state index in [4.69, 9.17) is 23.7 Å². The van der Waals surface area contributed by atoms with Crippen molar-refractivity contribution in [3.63, 3.8) is 0 Å². The van der Waals surface area contributed by atoms with Gasteiger partial charge in [0.15, 0.2) is 11.5 Å². The molecule has 0 atom stereocenters. The van der Waals surface area contributed by atoms with Crippen LogP contribution >= 0.6 is 0 Å². The van der Waals surface area contributed by atoms with E-state index in [1.54, 1.807) is 42.5 Å². The van der Waals surface area contributed by atoms with E-state index in [0.29, 0.717) is 40.9 Å². The highest BCUT2D eigenvalue weighted by atomic mass is 16.5. The summed E-state index contributed by atoms with van der Waals surface area (Å²) in [4.78, 5) is 23.5. The van der Waals surface area contributed by atoms with Gasteiger partial charge in [0.05, 0.1) is 13.7 Å². The van der Waals surface area contributed by atoms with Crippen LogP contribution in [-0.2, 0) is 11.4 Å². The van der Waals surface area contributed by atoms with Gasteiger partial charge in [0.25, 0.3) is 5.91 Å². The number of benzene rings is 2. The van der Waals surface area contributed by atoms with Gasteiger partial charge in [-0.1, -0.05) is 6.07 Å². The normalized spacial score (nSPS) is 10.8. The van der Waals surface area contributed by atoms with E-state index in [2.05, 4.69) is 5.32 Å². The fourth-order valence-corrected chi connectivity index (χ4v) is 2.93. The van der Waals surface area contributed by atoms with Gasteiger partial charge in [-0.05, 0) is 67.1 Å². The van der Waals surface area contributed by atoms with E-state index in [1.165, 1.54) is 25.3 Å². The second-order valence-electron chi connectivity index (χ2n) is 6.85. The summed E-state index contributed by atoms with van der Waals surface area (Å²) in [5.74, 6) is -0.147. The summed E-state index contributed by atoms with van der Waals surface area (Å²) in [6.45, 7) is 2.41. The van der Waals surface area contributed by atoms with Crippen molar-refractivity contribution in [1.82, 2.24) is 0 Å². The summed E-state index contributed by atoms with van der Waals surface area (Å²) < 4.78 is 21.5. The molecule has 1 aromatic heterocycles. The van der Waals surface area contributed by atoms with E-state index in [0.717, 1.165) is 0 Å². The molecule has 34 heavy (non-hydrogen) atoms. The van der Waals surface area contributed by atoms with E-state index in [-0.39, 0.29) is 17.9 Å². The maximum absolute atomic E-state index is 12.5. The largest absolute Gasteiger partial charge is 0.494 e. The van der Waals surface area contributed by atoms with Crippen LogP contribution in [0.15, 0.2) is 64.6 Å². The van der Waals surface area contributed by atoms with Crippen LogP contribution in [0.2, 0.25) is 0 Å². The lowest BCUT2D eigenvalue weighted by Crippen LogP contribution is -2.13. The molecular weight excluding hydrogens is 440 g/mol. The Balaban J connectivity index is 1.70. The molecular formula is C25H22N2O7. The first-order valence-corrected chi connectivity index (χ1v) is 10.2. The molecule has 0 saturated heterocycles. The lowest BCUT2D eigenvalue weighted by Gasteiger charge is -2.11. The van der Waals surface area contributed by atoms with E-state index >= 15 is 0 Å². The predicted molar refractivity (Wildman–Crippen MR) is 123 cm³/mol. The van der Waals surface area contributed by atoms with Gasteiger partial charge in [-0.2, -0.15) is 5.26 Å². The van der Waals surface area contributed by atoms with Crippen molar-refractivity contribution in [2.24, 2.45) is 0 Å². The van der Waals surface area contributed by atoms with Crippen molar-refractivity contribution in [3.8, 4) is 23.3 Å². The van der Waals surface area contributed by atoms with Gasteiger partial charge in [0, 0.05) is 5.69 Å². The lowest BCUT2D eigenvalue weighted by atomic mass is 10.1. The summed E-state index contributed by atoms with van der Waals surface area (Å²) in [6, 6.07) is 16.5. The minimum atomic E-state index is -1.17. The van der Waals surface area contributed by atoms with Crippen LogP contribution < -0.4 is 19.5 Å². The molecule has 3 aromatic rings. The molecule has 0 aliphatic carbocycles. The van der Waals surface area contributed by atoms with E-state index in [9.17, 15) is 14.9 Å². The average molecular weight is 462 g/mol. The molecule has 0 saturated carbocycles. The number of hydrogen-bond acceptors (Lipinski definition) is 7.